The predicted molar refractivity (Wildman–Crippen MR) is 126 cm³/mol. The van der Waals surface area contributed by atoms with Crippen molar-refractivity contribution in [2.24, 2.45) is 0 Å². The maximum atomic E-state index is 13.2. The molecule has 0 aliphatic carbocycles. The minimum absolute atomic E-state index is 0. The fraction of sp³-hybridized carbons (Fsp3) is 0.400. The zero-order chi connectivity index (χ0) is 20.2. The topological polar surface area (TPSA) is 54.9 Å². The van der Waals surface area contributed by atoms with E-state index >= 15 is 0 Å². The number of rotatable bonds is 7. The van der Waals surface area contributed by atoms with E-state index in [9.17, 15) is 4.79 Å². The van der Waals surface area contributed by atoms with Crippen LogP contribution in [0.3, 0.4) is 0 Å². The number of hydrogen-bond donors (Lipinski definition) is 0. The molecule has 4 rings (SSSR count). The number of hydrogen-bond acceptors (Lipinski definition) is 7. The third kappa shape index (κ3) is 5.43. The number of carbonyl (C=O) groups is 1. The molecule has 0 spiro atoms. The summed E-state index contributed by atoms with van der Waals surface area (Å²) in [4.78, 5) is 22.7. The molecule has 2 aromatic heterocycles. The molecular formula is C20H23Cl2N3O3S2. The van der Waals surface area contributed by atoms with Crippen LogP contribution in [-0.4, -0.2) is 62.3 Å². The van der Waals surface area contributed by atoms with Crippen molar-refractivity contribution in [1.29, 1.82) is 0 Å². The Kier molecular flexibility index (Phi) is 8.33. The number of methoxy groups -OCH3 is 1. The second kappa shape index (κ2) is 10.7. The smallest absolute Gasteiger partial charge is 0.270 e. The number of ether oxygens (including phenoxy) is 2. The van der Waals surface area contributed by atoms with Gasteiger partial charge in [0.25, 0.3) is 5.91 Å². The SMILES string of the molecule is COc1ccc2nc(N(CCCN3CCOCC3)C(=O)c3ccc(Cl)s3)sc2c1.Cl. The first-order chi connectivity index (χ1) is 14.1. The molecule has 162 valence electrons. The Morgan fingerprint density at radius 3 is 2.77 bits per heavy atom. The molecule has 0 bridgehead atoms. The Morgan fingerprint density at radius 2 is 2.07 bits per heavy atom. The normalized spacial score (nSPS) is 14.5. The summed E-state index contributed by atoms with van der Waals surface area (Å²) in [6.07, 6.45) is 0.865. The summed E-state index contributed by atoms with van der Waals surface area (Å²) in [6, 6.07) is 9.30. The quantitative estimate of drug-likeness (QED) is 0.478. The van der Waals surface area contributed by atoms with Crippen molar-refractivity contribution in [3.8, 4) is 5.75 Å². The van der Waals surface area contributed by atoms with Crippen LogP contribution in [0.1, 0.15) is 16.1 Å². The van der Waals surface area contributed by atoms with Crippen molar-refractivity contribution in [2.75, 3.05) is 51.4 Å². The minimum Gasteiger partial charge on any atom is -0.497 e. The van der Waals surface area contributed by atoms with Gasteiger partial charge in [-0.2, -0.15) is 0 Å². The highest BCUT2D eigenvalue weighted by Gasteiger charge is 2.23. The number of thiazole rings is 1. The van der Waals surface area contributed by atoms with Gasteiger partial charge in [0.15, 0.2) is 5.13 Å². The van der Waals surface area contributed by atoms with Gasteiger partial charge in [0.05, 0.1) is 39.8 Å². The Labute approximate surface area is 194 Å². The highest BCUT2D eigenvalue weighted by molar-refractivity contribution is 7.22. The number of anilines is 1. The van der Waals surface area contributed by atoms with Gasteiger partial charge in [-0.15, -0.1) is 23.7 Å². The van der Waals surface area contributed by atoms with Crippen LogP contribution in [0, 0.1) is 0 Å². The zero-order valence-corrected chi connectivity index (χ0v) is 19.7. The molecule has 1 amide bonds. The number of nitrogens with zero attached hydrogens (tertiary/aromatic N) is 3. The van der Waals surface area contributed by atoms with Gasteiger partial charge in [0, 0.05) is 26.2 Å². The molecule has 0 radical (unpaired) electrons. The minimum atomic E-state index is -0.0603. The van der Waals surface area contributed by atoms with Gasteiger partial charge in [-0.05, 0) is 36.8 Å². The van der Waals surface area contributed by atoms with E-state index in [1.807, 2.05) is 18.2 Å². The first-order valence-corrected chi connectivity index (χ1v) is 11.5. The van der Waals surface area contributed by atoms with E-state index in [4.69, 9.17) is 26.1 Å². The summed E-state index contributed by atoms with van der Waals surface area (Å²) in [6.45, 7) is 4.95. The van der Waals surface area contributed by atoms with Crippen LogP contribution in [0.4, 0.5) is 5.13 Å². The molecular weight excluding hydrogens is 465 g/mol. The maximum absolute atomic E-state index is 13.2. The number of halogens is 2. The van der Waals surface area contributed by atoms with Crippen molar-refractivity contribution in [2.45, 2.75) is 6.42 Å². The van der Waals surface area contributed by atoms with Crippen molar-refractivity contribution >= 4 is 67.9 Å². The van der Waals surface area contributed by atoms with E-state index in [-0.39, 0.29) is 18.3 Å². The van der Waals surface area contributed by atoms with Crippen LogP contribution in [0.25, 0.3) is 10.2 Å². The Hall–Kier alpha value is -1.42. The molecule has 0 unspecified atom stereocenters. The second-order valence-electron chi connectivity index (χ2n) is 6.70. The molecule has 1 aromatic carbocycles. The number of fused-ring (bicyclic) bond motifs is 1. The van der Waals surface area contributed by atoms with E-state index < -0.39 is 0 Å². The van der Waals surface area contributed by atoms with Crippen LogP contribution < -0.4 is 9.64 Å². The highest BCUT2D eigenvalue weighted by atomic mass is 35.5. The third-order valence-corrected chi connectivity index (χ3v) is 7.06. The van der Waals surface area contributed by atoms with E-state index in [1.54, 1.807) is 24.1 Å². The molecule has 3 heterocycles. The monoisotopic (exact) mass is 487 g/mol. The number of morpholine rings is 1. The molecule has 3 aromatic rings. The van der Waals surface area contributed by atoms with Gasteiger partial charge in [0.2, 0.25) is 0 Å². The van der Waals surface area contributed by atoms with Gasteiger partial charge >= 0.3 is 0 Å². The summed E-state index contributed by atoms with van der Waals surface area (Å²) in [5.74, 6) is 0.720. The fourth-order valence-corrected chi connectivity index (χ4v) is 5.27. The van der Waals surface area contributed by atoms with Crippen LogP contribution in [0.5, 0.6) is 5.75 Å². The van der Waals surface area contributed by atoms with E-state index in [1.165, 1.54) is 22.7 Å². The molecule has 10 heteroatoms. The number of benzene rings is 1. The lowest BCUT2D eigenvalue weighted by Crippen LogP contribution is -2.39. The largest absolute Gasteiger partial charge is 0.497 e. The van der Waals surface area contributed by atoms with Gasteiger partial charge in [0.1, 0.15) is 5.75 Å². The fourth-order valence-electron chi connectivity index (χ4n) is 3.26. The Morgan fingerprint density at radius 1 is 1.27 bits per heavy atom. The molecule has 0 atom stereocenters. The van der Waals surface area contributed by atoms with Gasteiger partial charge < -0.3 is 9.47 Å². The summed E-state index contributed by atoms with van der Waals surface area (Å²) in [5, 5.41) is 0.699. The maximum Gasteiger partial charge on any atom is 0.270 e. The van der Waals surface area contributed by atoms with Crippen molar-refractivity contribution in [3.05, 3.63) is 39.5 Å². The summed E-state index contributed by atoms with van der Waals surface area (Å²) < 4.78 is 12.3. The zero-order valence-electron chi connectivity index (χ0n) is 16.5. The van der Waals surface area contributed by atoms with Crippen molar-refractivity contribution in [3.63, 3.8) is 0 Å². The second-order valence-corrected chi connectivity index (χ2v) is 9.42. The molecule has 0 saturated carbocycles. The van der Waals surface area contributed by atoms with Crippen LogP contribution in [0.2, 0.25) is 4.34 Å². The van der Waals surface area contributed by atoms with Gasteiger partial charge in [-0.3, -0.25) is 14.6 Å². The lowest BCUT2D eigenvalue weighted by molar-refractivity contribution is 0.0376. The Balaban J connectivity index is 0.00000256. The number of carbonyl (C=O) groups excluding carboxylic acids is 1. The molecule has 1 aliphatic rings. The molecule has 0 N–H and O–H groups in total. The lowest BCUT2D eigenvalue weighted by atomic mass is 10.3. The summed E-state index contributed by atoms with van der Waals surface area (Å²) in [5.41, 5.74) is 0.862. The molecule has 30 heavy (non-hydrogen) atoms. The summed E-state index contributed by atoms with van der Waals surface area (Å²) in [7, 11) is 1.64. The Bertz CT molecular complexity index is 989. The average Bonchev–Trinajstić information content (AvgIpc) is 3.37. The first kappa shape index (κ1) is 23.2. The van der Waals surface area contributed by atoms with Crippen molar-refractivity contribution < 1.29 is 14.3 Å². The van der Waals surface area contributed by atoms with E-state index in [2.05, 4.69) is 4.90 Å². The first-order valence-electron chi connectivity index (χ1n) is 9.46. The number of aromatic nitrogens is 1. The van der Waals surface area contributed by atoms with Crippen molar-refractivity contribution in [1.82, 2.24) is 9.88 Å². The molecule has 1 saturated heterocycles. The number of amides is 1. The molecule has 6 nitrogen and oxygen atoms in total. The van der Waals surface area contributed by atoms with Gasteiger partial charge in [-0.1, -0.05) is 22.9 Å². The van der Waals surface area contributed by atoms with Crippen LogP contribution >= 0.6 is 46.7 Å². The lowest BCUT2D eigenvalue weighted by Gasteiger charge is -2.27. The van der Waals surface area contributed by atoms with Gasteiger partial charge in [-0.25, -0.2) is 4.98 Å². The molecule has 1 fully saturated rings. The number of thiophene rings is 1. The molecule has 1 aliphatic heterocycles. The average molecular weight is 488 g/mol. The summed E-state index contributed by atoms with van der Waals surface area (Å²) >= 11 is 8.86. The van der Waals surface area contributed by atoms with E-state index in [0.717, 1.165) is 55.2 Å². The van der Waals surface area contributed by atoms with E-state index in [0.29, 0.717) is 20.9 Å². The third-order valence-electron chi connectivity index (χ3n) is 4.80. The highest BCUT2D eigenvalue weighted by Crippen LogP contribution is 2.33. The van der Waals surface area contributed by atoms with Crippen LogP contribution in [0.15, 0.2) is 30.3 Å². The predicted octanol–water partition coefficient (Wildman–Crippen LogP) is 4.81. The van der Waals surface area contributed by atoms with Crippen LogP contribution in [-0.2, 0) is 4.74 Å². The standard InChI is InChI=1S/C20H22ClN3O3S2.ClH/c1-26-14-3-4-15-17(13-14)29-20(22-15)24(19(25)16-5-6-18(21)28-16)8-2-7-23-9-11-27-12-10-23;/h3-6,13H,2,7-12H2,1H3;1H.